The first-order valence-electron chi connectivity index (χ1n) is 8.71. The smallest absolute Gasteiger partial charge is 0.316 e. The third-order valence-corrected chi connectivity index (χ3v) is 4.76. The lowest BCUT2D eigenvalue weighted by molar-refractivity contribution is -0.139. The van der Waals surface area contributed by atoms with Crippen molar-refractivity contribution in [2.24, 2.45) is 0 Å². The summed E-state index contributed by atoms with van der Waals surface area (Å²) in [5.41, 5.74) is 4.20. The molecule has 27 heavy (non-hydrogen) atoms. The molecule has 0 unspecified atom stereocenters. The van der Waals surface area contributed by atoms with Crippen molar-refractivity contribution in [2.75, 3.05) is 17.7 Å². The predicted molar refractivity (Wildman–Crippen MR) is 108 cm³/mol. The van der Waals surface area contributed by atoms with Crippen molar-refractivity contribution < 1.29 is 9.53 Å². The molecule has 1 heterocycles. The summed E-state index contributed by atoms with van der Waals surface area (Å²) in [7, 11) is 0. The maximum Gasteiger partial charge on any atom is 0.316 e. The molecule has 3 rings (SSSR count). The fraction of sp³-hybridized carbons (Fsp3) is 0.250. The predicted octanol–water partition coefficient (Wildman–Crippen LogP) is 4.28. The molecule has 1 aromatic heterocycles. The number of carbonyl (C=O) groups excluding carboxylic acids is 1. The molecule has 0 saturated heterocycles. The number of aromatic nitrogens is 3. The summed E-state index contributed by atoms with van der Waals surface area (Å²) in [4.78, 5) is 11.7. The Morgan fingerprint density at radius 3 is 2.30 bits per heavy atom. The summed E-state index contributed by atoms with van der Waals surface area (Å²) >= 11 is 1.30. The molecular weight excluding hydrogens is 360 g/mol. The van der Waals surface area contributed by atoms with E-state index >= 15 is 0 Å². The van der Waals surface area contributed by atoms with Gasteiger partial charge >= 0.3 is 5.97 Å². The van der Waals surface area contributed by atoms with Gasteiger partial charge in [0.15, 0.2) is 5.16 Å². The first-order valence-corrected chi connectivity index (χ1v) is 9.70. The monoisotopic (exact) mass is 382 g/mol. The highest BCUT2D eigenvalue weighted by Gasteiger charge is 2.16. The van der Waals surface area contributed by atoms with E-state index < -0.39 is 0 Å². The molecule has 0 aliphatic heterocycles. The molecule has 1 N–H and O–H groups in total. The summed E-state index contributed by atoms with van der Waals surface area (Å²) in [6.45, 7) is 6.24. The number of nitrogens with zero attached hydrogens (tertiary/aromatic N) is 3. The van der Waals surface area contributed by atoms with Crippen molar-refractivity contribution >= 4 is 29.4 Å². The van der Waals surface area contributed by atoms with Gasteiger partial charge in [-0.15, -0.1) is 10.2 Å². The number of hydrogen-bond acceptors (Lipinski definition) is 6. The van der Waals surface area contributed by atoms with Crippen molar-refractivity contribution in [3.63, 3.8) is 0 Å². The molecule has 0 aliphatic rings. The number of hydrogen-bond donors (Lipinski definition) is 1. The number of rotatable bonds is 7. The Bertz CT molecular complexity index is 905. The highest BCUT2D eigenvalue weighted by molar-refractivity contribution is 7.99. The van der Waals surface area contributed by atoms with E-state index in [-0.39, 0.29) is 11.7 Å². The van der Waals surface area contributed by atoms with E-state index in [0.717, 1.165) is 11.4 Å². The number of aryl methyl sites for hydroxylation is 2. The number of ether oxygens (including phenoxy) is 1. The molecule has 0 fully saturated rings. The average Bonchev–Trinajstić information content (AvgIpc) is 3.05. The first-order chi connectivity index (χ1) is 13.1. The molecule has 0 atom stereocenters. The van der Waals surface area contributed by atoms with Gasteiger partial charge in [0.1, 0.15) is 0 Å². The van der Waals surface area contributed by atoms with Crippen LogP contribution in [-0.4, -0.2) is 33.1 Å². The van der Waals surface area contributed by atoms with Gasteiger partial charge in [0.05, 0.1) is 18.0 Å². The number of benzene rings is 2. The Kier molecular flexibility index (Phi) is 6.13. The molecule has 7 heteroatoms. The highest BCUT2D eigenvalue weighted by Crippen LogP contribution is 2.27. The maximum atomic E-state index is 11.7. The number of carbonyl (C=O) groups is 1. The van der Waals surface area contributed by atoms with Crippen molar-refractivity contribution in [3.8, 4) is 5.69 Å². The van der Waals surface area contributed by atoms with Crippen molar-refractivity contribution in [2.45, 2.75) is 25.9 Å². The minimum Gasteiger partial charge on any atom is -0.465 e. The van der Waals surface area contributed by atoms with Crippen LogP contribution in [0.5, 0.6) is 0 Å². The molecule has 6 nitrogen and oxygen atoms in total. The van der Waals surface area contributed by atoms with E-state index in [2.05, 4.69) is 15.5 Å². The van der Waals surface area contributed by atoms with Crippen LogP contribution in [0.25, 0.3) is 5.69 Å². The van der Waals surface area contributed by atoms with E-state index in [4.69, 9.17) is 4.74 Å². The van der Waals surface area contributed by atoms with E-state index in [0.29, 0.717) is 17.7 Å². The zero-order valence-electron chi connectivity index (χ0n) is 15.6. The highest BCUT2D eigenvalue weighted by atomic mass is 32.2. The fourth-order valence-electron chi connectivity index (χ4n) is 2.46. The van der Waals surface area contributed by atoms with Crippen molar-refractivity contribution in [1.29, 1.82) is 0 Å². The zero-order valence-corrected chi connectivity index (χ0v) is 16.4. The Morgan fingerprint density at radius 1 is 1.04 bits per heavy atom. The van der Waals surface area contributed by atoms with Crippen LogP contribution >= 0.6 is 11.8 Å². The molecule has 0 radical (unpaired) electrons. The molecule has 0 aliphatic carbocycles. The third kappa shape index (κ3) is 4.89. The SMILES string of the molecule is CCOC(=O)CSc1nnc(Nc2ccc(C)cc2)n1-c1ccc(C)cc1. The molecule has 140 valence electrons. The van der Waals surface area contributed by atoms with Gasteiger partial charge in [-0.2, -0.15) is 0 Å². The van der Waals surface area contributed by atoms with Crippen LogP contribution in [0.2, 0.25) is 0 Å². The summed E-state index contributed by atoms with van der Waals surface area (Å²) in [6, 6.07) is 16.1. The molecule has 0 spiro atoms. The Hall–Kier alpha value is -2.80. The average molecular weight is 382 g/mol. The number of esters is 1. The van der Waals surface area contributed by atoms with E-state index in [1.165, 1.54) is 22.9 Å². The third-order valence-electron chi connectivity index (χ3n) is 3.86. The Morgan fingerprint density at radius 2 is 1.67 bits per heavy atom. The normalized spacial score (nSPS) is 10.6. The van der Waals surface area contributed by atoms with Gasteiger partial charge in [0, 0.05) is 5.69 Å². The van der Waals surface area contributed by atoms with Crippen LogP contribution in [0.4, 0.5) is 11.6 Å². The fourth-order valence-corrected chi connectivity index (χ4v) is 3.21. The van der Waals surface area contributed by atoms with Gasteiger partial charge in [-0.1, -0.05) is 47.2 Å². The second-order valence-corrected chi connectivity index (χ2v) is 7.00. The second-order valence-electron chi connectivity index (χ2n) is 6.06. The van der Waals surface area contributed by atoms with Gasteiger partial charge in [0.25, 0.3) is 0 Å². The molecule has 0 saturated carbocycles. The van der Waals surface area contributed by atoms with Crippen molar-refractivity contribution in [1.82, 2.24) is 14.8 Å². The second kappa shape index (κ2) is 8.73. The van der Waals surface area contributed by atoms with Gasteiger partial charge in [-0.25, -0.2) is 0 Å². The largest absolute Gasteiger partial charge is 0.465 e. The molecule has 0 amide bonds. The topological polar surface area (TPSA) is 69.0 Å². The quantitative estimate of drug-likeness (QED) is 0.486. The standard InChI is InChI=1S/C20H22N4O2S/c1-4-26-18(25)13-27-20-23-22-19(21-16-9-5-14(2)6-10-16)24(20)17-11-7-15(3)8-12-17/h5-12H,4,13H2,1-3H3,(H,21,22). The number of thioether (sulfide) groups is 1. The molecule has 3 aromatic rings. The van der Waals surface area contributed by atoms with Gasteiger partial charge < -0.3 is 10.1 Å². The van der Waals surface area contributed by atoms with E-state index in [1.807, 2.05) is 66.9 Å². The Balaban J connectivity index is 1.91. The number of anilines is 2. The summed E-state index contributed by atoms with van der Waals surface area (Å²) in [5, 5.41) is 12.5. The van der Waals surface area contributed by atoms with Crippen LogP contribution < -0.4 is 5.32 Å². The summed E-state index contributed by atoms with van der Waals surface area (Å²) in [6.07, 6.45) is 0. The van der Waals surface area contributed by atoms with Crippen LogP contribution in [0, 0.1) is 13.8 Å². The van der Waals surface area contributed by atoms with Crippen LogP contribution in [0.15, 0.2) is 53.7 Å². The van der Waals surface area contributed by atoms with Gasteiger partial charge in [-0.05, 0) is 45.0 Å². The Labute approximate surface area is 163 Å². The van der Waals surface area contributed by atoms with Crippen molar-refractivity contribution in [3.05, 3.63) is 59.7 Å². The number of nitrogens with one attached hydrogen (secondary N) is 1. The lowest BCUT2D eigenvalue weighted by Gasteiger charge is -2.12. The molecule has 0 bridgehead atoms. The zero-order chi connectivity index (χ0) is 19.2. The molecule has 2 aromatic carbocycles. The lowest BCUT2D eigenvalue weighted by Crippen LogP contribution is -2.08. The first kappa shape index (κ1) is 19.0. The summed E-state index contributed by atoms with van der Waals surface area (Å²) in [5.74, 6) is 0.505. The van der Waals surface area contributed by atoms with Crippen LogP contribution in [0.1, 0.15) is 18.1 Å². The van der Waals surface area contributed by atoms with Crippen LogP contribution in [0.3, 0.4) is 0 Å². The summed E-state index contributed by atoms with van der Waals surface area (Å²) < 4.78 is 6.91. The van der Waals surface area contributed by atoms with Crippen LogP contribution in [-0.2, 0) is 9.53 Å². The van der Waals surface area contributed by atoms with E-state index in [9.17, 15) is 4.79 Å². The minimum absolute atomic E-state index is 0.183. The van der Waals surface area contributed by atoms with E-state index in [1.54, 1.807) is 6.92 Å². The molecular formula is C20H22N4O2S. The van der Waals surface area contributed by atoms with Gasteiger partial charge in [-0.3, -0.25) is 9.36 Å². The van der Waals surface area contributed by atoms with Gasteiger partial charge in [0.2, 0.25) is 5.95 Å². The maximum absolute atomic E-state index is 11.7. The lowest BCUT2D eigenvalue weighted by atomic mass is 10.2. The minimum atomic E-state index is -0.269.